The largest absolute Gasteiger partial charge is 0.396 e. The molecular formula is C3H5ClO2. The van der Waals surface area contributed by atoms with Crippen LogP contribution in [0.15, 0.2) is 0 Å². The highest BCUT2D eigenvalue weighted by Gasteiger charge is 1.88. The smallest absolute Gasteiger partial charge is 0.223 e. The molecule has 0 rings (SSSR count). The predicted octanol–water partition coefficient (Wildman–Crippen LogP) is 0.134. The molecule has 0 saturated heterocycles. The molecule has 0 unspecified atom stereocenters. The fraction of sp³-hybridized carbons (Fsp3) is 0.667. The first-order valence-electron chi connectivity index (χ1n) is 1.94. The third-order valence-corrected chi connectivity index (χ3v) is 0.488. The van der Waals surface area contributed by atoms with Gasteiger partial charge in [0.15, 0.2) is 0 Å². The molecule has 0 radical (unpaired) electrons. The van der Waals surface area contributed by atoms with Crippen molar-refractivity contribution in [3.05, 3.63) is 0 Å². The Morgan fingerprint density at radius 1 is 2.17 bits per heavy atom. The summed E-state index contributed by atoms with van der Waals surface area (Å²) >= 11 is 4.85. The number of hydrogen-bond donors (Lipinski definition) is 1. The van der Waals surface area contributed by atoms with E-state index in [2.05, 4.69) is 5.11 Å². The molecule has 0 fully saturated rings. The van der Waals surface area contributed by atoms with Crippen LogP contribution in [0.1, 0.15) is 6.42 Å². The van der Waals surface area contributed by atoms with Gasteiger partial charge in [0.2, 0.25) is 6.67 Å². The SMILES string of the molecule is [2H]OCCC(=O)Cl. The predicted molar refractivity (Wildman–Crippen MR) is 22.6 cm³/mol. The van der Waals surface area contributed by atoms with Gasteiger partial charge in [-0.25, -0.2) is 0 Å². The second-order valence-corrected chi connectivity index (χ2v) is 1.23. The molecule has 0 aromatic heterocycles. The standard InChI is InChI=1S/C3H5ClO2/c4-3(6)1-2-5/h5H,1-2H2/i5D. The maximum absolute atomic E-state index is 9.80. The number of hydrogen-bond acceptors (Lipinski definition) is 2. The van der Waals surface area contributed by atoms with Crippen molar-refractivity contribution in [2.45, 2.75) is 6.42 Å². The zero-order valence-electron chi connectivity index (χ0n) is 4.11. The first kappa shape index (κ1) is 4.09. The van der Waals surface area contributed by atoms with Gasteiger partial charge in [-0.05, 0) is 11.6 Å². The van der Waals surface area contributed by atoms with Crippen molar-refractivity contribution in [1.82, 2.24) is 0 Å². The van der Waals surface area contributed by atoms with E-state index in [1.165, 1.54) is 0 Å². The molecule has 1 N–H and O–H groups in total. The Morgan fingerprint density at radius 3 is 3.00 bits per heavy atom. The van der Waals surface area contributed by atoms with E-state index in [9.17, 15) is 4.79 Å². The lowest BCUT2D eigenvalue weighted by Crippen LogP contribution is -1.88. The van der Waals surface area contributed by atoms with Crippen LogP contribution < -0.4 is 0 Å². The molecule has 0 saturated carbocycles. The summed E-state index contributed by atoms with van der Waals surface area (Å²) in [6, 6.07) is 0. The van der Waals surface area contributed by atoms with Gasteiger partial charge in [-0.15, -0.1) is 0 Å². The molecule has 0 aromatic carbocycles. The number of carbonyl (C=O) groups is 1. The molecule has 0 atom stereocenters. The molecule has 0 aliphatic rings. The molecule has 0 aliphatic carbocycles. The third-order valence-electron chi connectivity index (χ3n) is 0.299. The average Bonchev–Trinajstić information content (AvgIpc) is 1.61. The number of halogens is 1. The maximum atomic E-state index is 9.80. The minimum absolute atomic E-state index is 0.0856. The quantitative estimate of drug-likeness (QED) is 0.524. The lowest BCUT2D eigenvalue weighted by atomic mass is 10.5. The van der Waals surface area contributed by atoms with Crippen LogP contribution in [0.2, 0.25) is 0 Å². The summed E-state index contributed by atoms with van der Waals surface area (Å²) in [4.78, 5) is 9.80. The Hall–Kier alpha value is -0.0800. The Kier molecular flexibility index (Phi) is 2.13. The topological polar surface area (TPSA) is 37.3 Å². The van der Waals surface area contributed by atoms with Gasteiger partial charge in [-0.3, -0.25) is 4.79 Å². The minimum atomic E-state index is -0.466. The van der Waals surface area contributed by atoms with E-state index in [0.717, 1.165) is 0 Å². The van der Waals surface area contributed by atoms with Gasteiger partial charge >= 0.3 is 0 Å². The highest BCUT2D eigenvalue weighted by atomic mass is 35.5. The number of aliphatic hydroxyl groups is 1. The Labute approximate surface area is 42.2 Å². The Morgan fingerprint density at radius 2 is 2.83 bits per heavy atom. The van der Waals surface area contributed by atoms with Crippen LogP contribution in [0.5, 0.6) is 0 Å². The molecule has 0 bridgehead atoms. The second kappa shape index (κ2) is 3.12. The van der Waals surface area contributed by atoms with Crippen LogP contribution >= 0.6 is 11.6 Å². The highest BCUT2D eigenvalue weighted by Crippen LogP contribution is 1.83. The zero-order valence-corrected chi connectivity index (χ0v) is 3.86. The molecule has 36 valence electrons. The van der Waals surface area contributed by atoms with Gasteiger partial charge in [0.1, 0.15) is 0 Å². The second-order valence-electron chi connectivity index (χ2n) is 0.809. The van der Waals surface area contributed by atoms with Crippen LogP contribution in [0.25, 0.3) is 0 Å². The van der Waals surface area contributed by atoms with E-state index < -0.39 is 5.24 Å². The van der Waals surface area contributed by atoms with Crippen molar-refractivity contribution in [2.75, 3.05) is 6.61 Å². The molecule has 0 heterocycles. The molecule has 0 spiro atoms. The van der Waals surface area contributed by atoms with E-state index in [0.29, 0.717) is 0 Å². The van der Waals surface area contributed by atoms with E-state index in [-0.39, 0.29) is 13.0 Å². The fourth-order valence-corrected chi connectivity index (χ4v) is 0.157. The lowest BCUT2D eigenvalue weighted by Gasteiger charge is -1.78. The summed E-state index contributed by atoms with van der Waals surface area (Å²) in [7, 11) is 0. The first-order valence-corrected chi connectivity index (χ1v) is 1.91. The summed E-state index contributed by atoms with van der Waals surface area (Å²) in [6.45, 7) is 0.0856. The summed E-state index contributed by atoms with van der Waals surface area (Å²) in [6.07, 6.45) is 0.116. The summed E-state index contributed by atoms with van der Waals surface area (Å²) < 4.78 is 6.09. The van der Waals surface area contributed by atoms with Gasteiger partial charge < -0.3 is 5.11 Å². The van der Waals surface area contributed by atoms with Gasteiger partial charge in [0, 0.05) is 6.42 Å². The van der Waals surface area contributed by atoms with Gasteiger partial charge in [-0.2, -0.15) is 0 Å². The molecule has 0 aliphatic heterocycles. The van der Waals surface area contributed by atoms with Crippen molar-refractivity contribution < 1.29 is 9.90 Å². The third kappa shape index (κ3) is 3.92. The number of carbonyl (C=O) groups excluding carboxylic acids is 1. The molecular weight excluding hydrogens is 103 g/mol. The van der Waals surface area contributed by atoms with E-state index in [1.807, 2.05) is 0 Å². The number of aliphatic hydroxyl groups excluding tert-OH is 1. The normalized spacial score (nSPS) is 10.5. The summed E-state index contributed by atoms with van der Waals surface area (Å²) in [5.41, 5.74) is 0. The molecule has 6 heavy (non-hydrogen) atoms. The van der Waals surface area contributed by atoms with Crippen molar-refractivity contribution in [3.8, 4) is 0 Å². The van der Waals surface area contributed by atoms with Gasteiger partial charge in [0.05, 0.1) is 6.61 Å². The van der Waals surface area contributed by atoms with E-state index >= 15 is 0 Å². The van der Waals surface area contributed by atoms with Crippen LogP contribution in [0.4, 0.5) is 0 Å². The van der Waals surface area contributed by atoms with E-state index in [1.54, 1.807) is 0 Å². The maximum Gasteiger partial charge on any atom is 0.223 e. The fourth-order valence-electron chi connectivity index (χ4n) is 0.0802. The van der Waals surface area contributed by atoms with Crippen LogP contribution in [-0.2, 0) is 4.79 Å². The Balaban J connectivity index is 2.82. The van der Waals surface area contributed by atoms with Crippen molar-refractivity contribution in [3.63, 3.8) is 0 Å². The van der Waals surface area contributed by atoms with E-state index in [4.69, 9.17) is 13.0 Å². The van der Waals surface area contributed by atoms with Crippen molar-refractivity contribution >= 4 is 16.8 Å². The first-order chi connectivity index (χ1) is 3.27. The zero-order chi connectivity index (χ0) is 5.70. The molecule has 0 aromatic rings. The molecule has 2 nitrogen and oxygen atoms in total. The monoisotopic (exact) mass is 109 g/mol. The van der Waals surface area contributed by atoms with Crippen LogP contribution in [-0.4, -0.2) is 18.4 Å². The van der Waals surface area contributed by atoms with Gasteiger partial charge in [-0.1, -0.05) is 0 Å². The van der Waals surface area contributed by atoms with Crippen LogP contribution in [0, 0.1) is 0 Å². The van der Waals surface area contributed by atoms with Crippen molar-refractivity contribution in [1.29, 1.82) is 1.43 Å². The molecule has 0 amide bonds. The Bertz CT molecular complexity index is 66.0. The van der Waals surface area contributed by atoms with Crippen molar-refractivity contribution in [2.24, 2.45) is 0 Å². The minimum Gasteiger partial charge on any atom is -0.396 e. The van der Waals surface area contributed by atoms with Crippen LogP contribution in [0.3, 0.4) is 0 Å². The highest BCUT2D eigenvalue weighted by molar-refractivity contribution is 6.63. The summed E-state index contributed by atoms with van der Waals surface area (Å²) in [5, 5.41) is 3.33. The lowest BCUT2D eigenvalue weighted by molar-refractivity contribution is -0.112. The average molecular weight is 110 g/mol. The van der Waals surface area contributed by atoms with Gasteiger partial charge in [0.25, 0.3) is 0 Å². The molecule has 3 heteroatoms. The summed E-state index contributed by atoms with van der Waals surface area (Å²) in [5.74, 6) is 0. The number of rotatable bonds is 3.